The Labute approximate surface area is 144 Å². The molecule has 0 aliphatic carbocycles. The van der Waals surface area contributed by atoms with Crippen LogP contribution < -0.4 is 14.2 Å². The highest BCUT2D eigenvalue weighted by Gasteiger charge is 2.28. The van der Waals surface area contributed by atoms with E-state index in [-0.39, 0.29) is 24.4 Å². The molecular formula is C17H18FN3O4. The molecule has 1 atom stereocenters. The molecule has 1 saturated heterocycles. The minimum absolute atomic E-state index is 0.0999. The number of carbonyl (C=O) groups excluding carboxylic acids is 1. The van der Waals surface area contributed by atoms with Crippen molar-refractivity contribution in [2.75, 3.05) is 26.8 Å². The highest BCUT2D eigenvalue weighted by molar-refractivity contribution is 5.78. The van der Waals surface area contributed by atoms with E-state index in [1.54, 1.807) is 4.90 Å². The van der Waals surface area contributed by atoms with Crippen molar-refractivity contribution in [3.8, 4) is 17.5 Å². The molecule has 25 heavy (non-hydrogen) atoms. The summed E-state index contributed by atoms with van der Waals surface area (Å²) in [6, 6.07) is 5.54. The van der Waals surface area contributed by atoms with Crippen molar-refractivity contribution < 1.29 is 23.4 Å². The molecular weight excluding hydrogens is 329 g/mol. The second-order valence-corrected chi connectivity index (χ2v) is 5.51. The average Bonchev–Trinajstić information content (AvgIpc) is 3.09. The van der Waals surface area contributed by atoms with Crippen LogP contribution in [0.15, 0.2) is 36.7 Å². The summed E-state index contributed by atoms with van der Waals surface area (Å²) in [6.45, 7) is 0.926. The molecule has 1 amide bonds. The van der Waals surface area contributed by atoms with Gasteiger partial charge in [0.25, 0.3) is 5.91 Å². The Kier molecular flexibility index (Phi) is 5.27. The van der Waals surface area contributed by atoms with Gasteiger partial charge in [0.2, 0.25) is 11.8 Å². The Balaban J connectivity index is 1.48. The first kappa shape index (κ1) is 16.9. The van der Waals surface area contributed by atoms with Crippen LogP contribution in [-0.2, 0) is 4.79 Å². The van der Waals surface area contributed by atoms with Crippen LogP contribution in [-0.4, -0.2) is 53.7 Å². The molecule has 132 valence electrons. The maximum Gasteiger partial charge on any atom is 0.260 e. The number of likely N-dealkylation sites (tertiary alicyclic amines) is 1. The number of carbonyl (C=O) groups is 1. The van der Waals surface area contributed by atoms with Gasteiger partial charge in [-0.1, -0.05) is 0 Å². The molecule has 1 aliphatic rings. The molecule has 1 aromatic carbocycles. The lowest BCUT2D eigenvalue weighted by atomic mass is 10.3. The van der Waals surface area contributed by atoms with Crippen molar-refractivity contribution in [1.29, 1.82) is 0 Å². The minimum Gasteiger partial charge on any atom is -0.484 e. The molecule has 0 saturated carbocycles. The van der Waals surface area contributed by atoms with Gasteiger partial charge in [-0.2, -0.15) is 4.98 Å². The molecule has 1 unspecified atom stereocenters. The van der Waals surface area contributed by atoms with Crippen molar-refractivity contribution in [3.63, 3.8) is 0 Å². The summed E-state index contributed by atoms with van der Waals surface area (Å²) in [7, 11) is 1.50. The quantitative estimate of drug-likeness (QED) is 0.792. The lowest BCUT2D eigenvalue weighted by molar-refractivity contribution is -0.132. The molecule has 7 nitrogen and oxygen atoms in total. The molecule has 1 aliphatic heterocycles. The zero-order valence-electron chi connectivity index (χ0n) is 13.7. The summed E-state index contributed by atoms with van der Waals surface area (Å²) in [6.07, 6.45) is 3.53. The van der Waals surface area contributed by atoms with Crippen LogP contribution in [0.4, 0.5) is 4.39 Å². The van der Waals surface area contributed by atoms with E-state index in [0.29, 0.717) is 37.0 Å². The Morgan fingerprint density at radius 1 is 1.28 bits per heavy atom. The SMILES string of the molecule is COc1cncc(OC2CCN(C(=O)COc3ccc(F)cc3)C2)n1. The lowest BCUT2D eigenvalue weighted by Gasteiger charge is -2.17. The summed E-state index contributed by atoms with van der Waals surface area (Å²) in [5, 5.41) is 0. The summed E-state index contributed by atoms with van der Waals surface area (Å²) in [5.74, 6) is 0.691. The second kappa shape index (κ2) is 7.78. The highest BCUT2D eigenvalue weighted by Crippen LogP contribution is 2.18. The molecule has 0 radical (unpaired) electrons. The van der Waals surface area contributed by atoms with Crippen LogP contribution in [0.2, 0.25) is 0 Å². The van der Waals surface area contributed by atoms with Crippen LogP contribution >= 0.6 is 0 Å². The molecule has 0 bridgehead atoms. The zero-order valence-corrected chi connectivity index (χ0v) is 13.7. The monoisotopic (exact) mass is 347 g/mol. The molecule has 2 heterocycles. The van der Waals surface area contributed by atoms with Crippen LogP contribution in [0.3, 0.4) is 0 Å². The van der Waals surface area contributed by atoms with Crippen molar-refractivity contribution in [2.24, 2.45) is 0 Å². The van der Waals surface area contributed by atoms with E-state index in [2.05, 4.69) is 9.97 Å². The number of methoxy groups -OCH3 is 1. The third-order valence-electron chi connectivity index (χ3n) is 3.76. The number of hydrogen-bond acceptors (Lipinski definition) is 6. The van der Waals surface area contributed by atoms with E-state index in [1.807, 2.05) is 0 Å². The van der Waals surface area contributed by atoms with Crippen molar-refractivity contribution in [3.05, 3.63) is 42.5 Å². The molecule has 0 N–H and O–H groups in total. The van der Waals surface area contributed by atoms with Gasteiger partial charge >= 0.3 is 0 Å². The van der Waals surface area contributed by atoms with Crippen LogP contribution in [0, 0.1) is 5.82 Å². The first-order valence-electron chi connectivity index (χ1n) is 7.83. The molecule has 1 fully saturated rings. The van der Waals surface area contributed by atoms with Crippen molar-refractivity contribution in [1.82, 2.24) is 14.9 Å². The van der Waals surface area contributed by atoms with Crippen molar-refractivity contribution >= 4 is 5.91 Å². The predicted molar refractivity (Wildman–Crippen MR) is 86.1 cm³/mol. The lowest BCUT2D eigenvalue weighted by Crippen LogP contribution is -2.34. The first-order valence-corrected chi connectivity index (χ1v) is 7.83. The highest BCUT2D eigenvalue weighted by atomic mass is 19.1. The normalized spacial score (nSPS) is 16.6. The third kappa shape index (κ3) is 4.56. The van der Waals surface area contributed by atoms with E-state index in [1.165, 1.54) is 43.8 Å². The fourth-order valence-corrected chi connectivity index (χ4v) is 2.48. The van der Waals surface area contributed by atoms with Gasteiger partial charge in [0.15, 0.2) is 6.61 Å². The maximum atomic E-state index is 12.8. The largest absolute Gasteiger partial charge is 0.484 e. The Morgan fingerprint density at radius 3 is 2.80 bits per heavy atom. The third-order valence-corrected chi connectivity index (χ3v) is 3.76. The number of hydrogen-bond donors (Lipinski definition) is 0. The van der Waals surface area contributed by atoms with Crippen LogP contribution in [0.5, 0.6) is 17.5 Å². The summed E-state index contributed by atoms with van der Waals surface area (Å²) in [4.78, 5) is 22.0. The molecule has 8 heteroatoms. The van der Waals surface area contributed by atoms with E-state index in [9.17, 15) is 9.18 Å². The van der Waals surface area contributed by atoms with Crippen LogP contribution in [0.25, 0.3) is 0 Å². The number of benzene rings is 1. The van der Waals surface area contributed by atoms with Gasteiger partial charge < -0.3 is 19.1 Å². The number of aromatic nitrogens is 2. The van der Waals surface area contributed by atoms with Crippen molar-refractivity contribution in [2.45, 2.75) is 12.5 Å². The number of amides is 1. The fraction of sp³-hybridized carbons (Fsp3) is 0.353. The summed E-state index contributed by atoms with van der Waals surface area (Å²) >= 11 is 0. The minimum atomic E-state index is -0.348. The number of halogens is 1. The standard InChI is InChI=1S/C17H18FN3O4/c1-23-15-8-19-9-16(20-15)25-14-6-7-21(10-14)17(22)11-24-13-4-2-12(18)3-5-13/h2-5,8-9,14H,6-7,10-11H2,1H3. The second-order valence-electron chi connectivity index (χ2n) is 5.51. The number of nitrogens with zero attached hydrogens (tertiary/aromatic N) is 3. The Hall–Kier alpha value is -2.90. The molecule has 3 rings (SSSR count). The predicted octanol–water partition coefficient (Wildman–Crippen LogP) is 1.68. The van der Waals surface area contributed by atoms with Crippen LogP contribution in [0.1, 0.15) is 6.42 Å². The van der Waals surface area contributed by atoms with Gasteiger partial charge in [0.1, 0.15) is 17.7 Å². The average molecular weight is 347 g/mol. The Morgan fingerprint density at radius 2 is 2.04 bits per heavy atom. The van der Waals surface area contributed by atoms with Gasteiger partial charge in [0.05, 0.1) is 26.0 Å². The van der Waals surface area contributed by atoms with Gasteiger partial charge in [-0.25, -0.2) is 4.39 Å². The molecule has 0 spiro atoms. The van der Waals surface area contributed by atoms with E-state index < -0.39 is 0 Å². The zero-order chi connectivity index (χ0) is 17.6. The number of rotatable bonds is 6. The van der Waals surface area contributed by atoms with E-state index in [0.717, 1.165) is 0 Å². The van der Waals surface area contributed by atoms with Gasteiger partial charge in [-0.3, -0.25) is 9.78 Å². The molecule has 1 aromatic heterocycles. The summed E-state index contributed by atoms with van der Waals surface area (Å²) in [5.41, 5.74) is 0. The molecule has 2 aromatic rings. The smallest absolute Gasteiger partial charge is 0.260 e. The van der Waals surface area contributed by atoms with E-state index >= 15 is 0 Å². The number of ether oxygens (including phenoxy) is 3. The van der Waals surface area contributed by atoms with Gasteiger partial charge in [-0.15, -0.1) is 0 Å². The topological polar surface area (TPSA) is 73.8 Å². The first-order chi connectivity index (χ1) is 12.1. The van der Waals surface area contributed by atoms with E-state index in [4.69, 9.17) is 14.2 Å². The van der Waals surface area contributed by atoms with Gasteiger partial charge in [0, 0.05) is 13.0 Å². The van der Waals surface area contributed by atoms with Gasteiger partial charge in [-0.05, 0) is 24.3 Å². The maximum absolute atomic E-state index is 12.8. The fourth-order valence-electron chi connectivity index (χ4n) is 2.48. The Bertz CT molecular complexity index is 726. The summed E-state index contributed by atoms with van der Waals surface area (Å²) < 4.78 is 29.0.